The maximum Gasteiger partial charge on any atom is 0.357 e. The van der Waals surface area contributed by atoms with Crippen LogP contribution in [0.25, 0.3) is 0 Å². The number of carbonyl (C=O) groups is 1. The first-order chi connectivity index (χ1) is 8.79. The van der Waals surface area contributed by atoms with Gasteiger partial charge in [-0.2, -0.15) is 0 Å². The van der Waals surface area contributed by atoms with Crippen molar-refractivity contribution in [2.45, 2.75) is 45.1 Å². The van der Waals surface area contributed by atoms with Crippen molar-refractivity contribution >= 4 is 11.9 Å². The molecule has 0 saturated heterocycles. The number of rotatable bonds is 4. The Morgan fingerprint density at radius 3 is 2.94 bits per heavy atom. The number of esters is 1. The number of anilines is 1. The standard InChI is InChI=1S/C13H19N3O2/c1-2-18-12(17)11-8-9-14-13(16-11)15-10-6-4-3-5-7-10/h8-10H,2-7H2,1H3,(H,14,15,16). The van der Waals surface area contributed by atoms with Crippen molar-refractivity contribution in [3.8, 4) is 0 Å². The molecule has 0 aromatic carbocycles. The molecule has 0 unspecified atom stereocenters. The van der Waals surface area contributed by atoms with E-state index in [1.165, 1.54) is 19.3 Å². The van der Waals surface area contributed by atoms with Crippen LogP contribution < -0.4 is 5.32 Å². The Balaban J connectivity index is 2.00. The highest BCUT2D eigenvalue weighted by Gasteiger charge is 2.15. The van der Waals surface area contributed by atoms with E-state index >= 15 is 0 Å². The van der Waals surface area contributed by atoms with Crippen LogP contribution in [0.15, 0.2) is 12.3 Å². The molecule has 0 bridgehead atoms. The van der Waals surface area contributed by atoms with Gasteiger partial charge in [-0.25, -0.2) is 14.8 Å². The molecule has 1 N–H and O–H groups in total. The summed E-state index contributed by atoms with van der Waals surface area (Å²) in [7, 11) is 0. The Morgan fingerprint density at radius 2 is 2.22 bits per heavy atom. The van der Waals surface area contributed by atoms with Crippen LogP contribution in [-0.2, 0) is 4.74 Å². The summed E-state index contributed by atoms with van der Waals surface area (Å²) in [5, 5.41) is 3.29. The fourth-order valence-corrected chi connectivity index (χ4v) is 2.18. The molecule has 1 aliphatic rings. The van der Waals surface area contributed by atoms with Crippen LogP contribution in [-0.4, -0.2) is 28.6 Å². The summed E-state index contributed by atoms with van der Waals surface area (Å²) in [5.74, 6) is 0.124. The number of hydrogen-bond acceptors (Lipinski definition) is 5. The molecule has 0 aliphatic heterocycles. The normalized spacial score (nSPS) is 16.3. The number of hydrogen-bond donors (Lipinski definition) is 1. The summed E-state index contributed by atoms with van der Waals surface area (Å²) < 4.78 is 4.92. The van der Waals surface area contributed by atoms with Gasteiger partial charge in [-0.05, 0) is 25.8 Å². The van der Waals surface area contributed by atoms with Crippen LogP contribution in [0.1, 0.15) is 49.5 Å². The second-order valence-electron chi connectivity index (χ2n) is 4.47. The van der Waals surface area contributed by atoms with Gasteiger partial charge in [0.05, 0.1) is 6.61 Å². The van der Waals surface area contributed by atoms with Crippen LogP contribution in [0.5, 0.6) is 0 Å². The van der Waals surface area contributed by atoms with Crippen molar-refractivity contribution in [2.75, 3.05) is 11.9 Å². The highest BCUT2D eigenvalue weighted by atomic mass is 16.5. The average molecular weight is 249 g/mol. The third-order valence-corrected chi connectivity index (χ3v) is 3.08. The molecule has 0 spiro atoms. The minimum Gasteiger partial charge on any atom is -0.461 e. The van der Waals surface area contributed by atoms with E-state index in [9.17, 15) is 4.79 Å². The molecule has 98 valence electrons. The average Bonchev–Trinajstić information content (AvgIpc) is 2.40. The molecule has 0 atom stereocenters. The lowest BCUT2D eigenvalue weighted by molar-refractivity contribution is 0.0519. The summed E-state index contributed by atoms with van der Waals surface area (Å²) >= 11 is 0. The molecule has 1 aromatic heterocycles. The van der Waals surface area contributed by atoms with Gasteiger partial charge in [0.15, 0.2) is 5.69 Å². The summed E-state index contributed by atoms with van der Waals surface area (Å²) in [5.41, 5.74) is 0.310. The van der Waals surface area contributed by atoms with E-state index in [1.54, 1.807) is 19.2 Å². The van der Waals surface area contributed by atoms with E-state index < -0.39 is 5.97 Å². The third-order valence-electron chi connectivity index (χ3n) is 3.08. The molecular formula is C13H19N3O2. The number of aromatic nitrogens is 2. The predicted octanol–water partition coefficient (Wildman–Crippen LogP) is 2.40. The molecular weight excluding hydrogens is 230 g/mol. The molecule has 1 heterocycles. The summed E-state index contributed by atoms with van der Waals surface area (Å²) in [6, 6.07) is 2.00. The molecule has 1 saturated carbocycles. The number of nitrogens with one attached hydrogen (secondary N) is 1. The monoisotopic (exact) mass is 249 g/mol. The smallest absolute Gasteiger partial charge is 0.357 e. The van der Waals surface area contributed by atoms with Gasteiger partial charge in [-0.15, -0.1) is 0 Å². The van der Waals surface area contributed by atoms with Crippen molar-refractivity contribution in [3.63, 3.8) is 0 Å². The van der Waals surface area contributed by atoms with E-state index in [-0.39, 0.29) is 0 Å². The topological polar surface area (TPSA) is 64.1 Å². The minimum absolute atomic E-state index is 0.310. The first-order valence-electron chi connectivity index (χ1n) is 6.56. The zero-order chi connectivity index (χ0) is 12.8. The van der Waals surface area contributed by atoms with E-state index in [0.29, 0.717) is 24.3 Å². The SMILES string of the molecule is CCOC(=O)c1ccnc(NC2CCCCC2)n1. The highest BCUT2D eigenvalue weighted by molar-refractivity contribution is 5.87. The second-order valence-corrected chi connectivity index (χ2v) is 4.47. The second kappa shape index (κ2) is 6.33. The highest BCUT2D eigenvalue weighted by Crippen LogP contribution is 2.20. The Bertz CT molecular complexity index is 403. The molecule has 1 fully saturated rings. The van der Waals surface area contributed by atoms with Crippen LogP contribution in [0.4, 0.5) is 5.95 Å². The zero-order valence-corrected chi connectivity index (χ0v) is 10.7. The Morgan fingerprint density at radius 1 is 1.44 bits per heavy atom. The fourth-order valence-electron chi connectivity index (χ4n) is 2.18. The lowest BCUT2D eigenvalue weighted by Crippen LogP contribution is -2.24. The van der Waals surface area contributed by atoms with Gasteiger partial charge in [-0.1, -0.05) is 19.3 Å². The zero-order valence-electron chi connectivity index (χ0n) is 10.7. The predicted molar refractivity (Wildman–Crippen MR) is 68.5 cm³/mol. The van der Waals surface area contributed by atoms with Crippen LogP contribution >= 0.6 is 0 Å². The molecule has 0 radical (unpaired) electrons. The lowest BCUT2D eigenvalue weighted by atomic mass is 9.96. The molecule has 1 aliphatic carbocycles. The summed E-state index contributed by atoms with van der Waals surface area (Å²) in [6.45, 7) is 2.13. The van der Waals surface area contributed by atoms with Gasteiger partial charge >= 0.3 is 5.97 Å². The summed E-state index contributed by atoms with van der Waals surface area (Å²) in [6.07, 6.45) is 7.68. The van der Waals surface area contributed by atoms with Crippen molar-refractivity contribution < 1.29 is 9.53 Å². The maximum atomic E-state index is 11.5. The molecule has 18 heavy (non-hydrogen) atoms. The van der Waals surface area contributed by atoms with Crippen LogP contribution in [0.3, 0.4) is 0 Å². The first kappa shape index (κ1) is 12.8. The number of ether oxygens (including phenoxy) is 1. The molecule has 1 aromatic rings. The van der Waals surface area contributed by atoms with Gasteiger partial charge in [-0.3, -0.25) is 0 Å². The van der Waals surface area contributed by atoms with Crippen molar-refractivity contribution in [2.24, 2.45) is 0 Å². The molecule has 5 heteroatoms. The van der Waals surface area contributed by atoms with Gasteiger partial charge < -0.3 is 10.1 Å². The van der Waals surface area contributed by atoms with Gasteiger partial charge in [0, 0.05) is 12.2 Å². The number of nitrogens with zero attached hydrogens (tertiary/aromatic N) is 2. The van der Waals surface area contributed by atoms with E-state index in [1.807, 2.05) is 0 Å². The van der Waals surface area contributed by atoms with Crippen molar-refractivity contribution in [1.29, 1.82) is 0 Å². The van der Waals surface area contributed by atoms with Crippen molar-refractivity contribution in [1.82, 2.24) is 9.97 Å². The fraction of sp³-hybridized carbons (Fsp3) is 0.615. The van der Waals surface area contributed by atoms with Crippen LogP contribution in [0, 0.1) is 0 Å². The molecule has 2 rings (SSSR count). The Labute approximate surface area is 107 Å². The minimum atomic E-state index is -0.397. The first-order valence-corrected chi connectivity index (χ1v) is 6.56. The van der Waals surface area contributed by atoms with E-state index in [0.717, 1.165) is 12.8 Å². The lowest BCUT2D eigenvalue weighted by Gasteiger charge is -2.22. The van der Waals surface area contributed by atoms with Crippen molar-refractivity contribution in [3.05, 3.63) is 18.0 Å². The van der Waals surface area contributed by atoms with Gasteiger partial charge in [0.1, 0.15) is 0 Å². The molecule has 0 amide bonds. The largest absolute Gasteiger partial charge is 0.461 e. The van der Waals surface area contributed by atoms with E-state index in [4.69, 9.17) is 4.74 Å². The van der Waals surface area contributed by atoms with Gasteiger partial charge in [0.2, 0.25) is 5.95 Å². The Hall–Kier alpha value is -1.65. The summed E-state index contributed by atoms with van der Waals surface area (Å²) in [4.78, 5) is 19.9. The van der Waals surface area contributed by atoms with Crippen LogP contribution in [0.2, 0.25) is 0 Å². The third kappa shape index (κ3) is 3.42. The van der Waals surface area contributed by atoms with E-state index in [2.05, 4.69) is 15.3 Å². The van der Waals surface area contributed by atoms with Gasteiger partial charge in [0.25, 0.3) is 0 Å². The number of carbonyl (C=O) groups excluding carboxylic acids is 1. The quantitative estimate of drug-likeness (QED) is 0.830. The maximum absolute atomic E-state index is 11.5. The molecule has 5 nitrogen and oxygen atoms in total. The Kier molecular flexibility index (Phi) is 4.50.